The highest BCUT2D eigenvalue weighted by molar-refractivity contribution is 5.97. The van der Waals surface area contributed by atoms with Crippen molar-refractivity contribution in [1.29, 1.82) is 0 Å². The van der Waals surface area contributed by atoms with Crippen molar-refractivity contribution >= 4 is 5.91 Å². The Morgan fingerprint density at radius 3 is 2.88 bits per heavy atom. The van der Waals surface area contributed by atoms with E-state index in [1.807, 2.05) is 36.2 Å². The molecule has 1 N–H and O–H groups in total. The minimum atomic E-state index is 0.0638. The average Bonchev–Trinajstić information content (AvgIpc) is 2.34. The van der Waals surface area contributed by atoms with Crippen molar-refractivity contribution < 1.29 is 9.53 Å². The molecule has 2 rings (SSSR count). The minimum absolute atomic E-state index is 0.0638. The summed E-state index contributed by atoms with van der Waals surface area (Å²) in [5.41, 5.74) is 0.649. The second kappa shape index (κ2) is 5.19. The molecule has 92 valence electrons. The maximum Gasteiger partial charge on any atom is 0.257 e. The number of nitrogens with one attached hydrogen (secondary N) is 1. The van der Waals surface area contributed by atoms with E-state index in [1.165, 1.54) is 0 Å². The van der Waals surface area contributed by atoms with Gasteiger partial charge in [-0.1, -0.05) is 12.1 Å². The van der Waals surface area contributed by atoms with E-state index < -0.39 is 0 Å². The van der Waals surface area contributed by atoms with Crippen molar-refractivity contribution in [2.24, 2.45) is 0 Å². The Hall–Kier alpha value is -1.55. The van der Waals surface area contributed by atoms with Gasteiger partial charge in [-0.2, -0.15) is 0 Å². The summed E-state index contributed by atoms with van der Waals surface area (Å²) in [4.78, 5) is 14.2. The smallest absolute Gasteiger partial charge is 0.257 e. The topological polar surface area (TPSA) is 41.6 Å². The van der Waals surface area contributed by atoms with Gasteiger partial charge in [0.05, 0.1) is 12.7 Å². The Balaban J connectivity index is 2.14. The molecule has 1 aliphatic rings. The third kappa shape index (κ3) is 2.26. The summed E-state index contributed by atoms with van der Waals surface area (Å²) < 4.78 is 5.22. The molecule has 1 unspecified atom stereocenters. The second-order valence-corrected chi connectivity index (χ2v) is 4.20. The molecular formula is C13H18N2O2. The Morgan fingerprint density at radius 1 is 1.53 bits per heavy atom. The van der Waals surface area contributed by atoms with Crippen molar-refractivity contribution in [1.82, 2.24) is 10.2 Å². The molecule has 1 atom stereocenters. The summed E-state index contributed by atoms with van der Waals surface area (Å²) in [5, 5.41) is 3.11. The lowest BCUT2D eigenvalue weighted by Crippen LogP contribution is -2.55. The number of ether oxygens (including phenoxy) is 1. The number of hydrogen-bond acceptors (Lipinski definition) is 3. The largest absolute Gasteiger partial charge is 0.496 e. The predicted octanol–water partition coefficient (Wildman–Crippen LogP) is 1.13. The van der Waals surface area contributed by atoms with Crippen LogP contribution in [0.2, 0.25) is 0 Å². The van der Waals surface area contributed by atoms with Crippen LogP contribution in [0.3, 0.4) is 0 Å². The highest BCUT2D eigenvalue weighted by atomic mass is 16.5. The van der Waals surface area contributed by atoms with Gasteiger partial charge < -0.3 is 15.0 Å². The molecule has 1 saturated heterocycles. The van der Waals surface area contributed by atoms with Crippen LogP contribution in [0.15, 0.2) is 24.3 Å². The SMILES string of the molecule is CNCC1CCN1C(=O)c1ccccc1OC. The molecule has 17 heavy (non-hydrogen) atoms. The van der Waals surface area contributed by atoms with Gasteiger partial charge in [0.25, 0.3) is 5.91 Å². The summed E-state index contributed by atoms with van der Waals surface area (Å²) in [7, 11) is 3.50. The first-order valence-electron chi connectivity index (χ1n) is 5.86. The van der Waals surface area contributed by atoms with Gasteiger partial charge >= 0.3 is 0 Å². The first-order chi connectivity index (χ1) is 8.27. The van der Waals surface area contributed by atoms with E-state index >= 15 is 0 Å². The van der Waals surface area contributed by atoms with E-state index in [0.29, 0.717) is 17.4 Å². The molecule has 1 aliphatic heterocycles. The normalized spacial score (nSPS) is 18.7. The van der Waals surface area contributed by atoms with Crippen LogP contribution < -0.4 is 10.1 Å². The molecule has 0 radical (unpaired) electrons. The maximum absolute atomic E-state index is 12.3. The van der Waals surface area contributed by atoms with Gasteiger partial charge in [-0.3, -0.25) is 4.79 Å². The number of likely N-dealkylation sites (tertiary alicyclic amines) is 1. The number of carbonyl (C=O) groups excluding carboxylic acids is 1. The molecule has 1 aromatic rings. The van der Waals surface area contributed by atoms with E-state index in [1.54, 1.807) is 7.11 Å². The monoisotopic (exact) mass is 234 g/mol. The van der Waals surface area contributed by atoms with Crippen LogP contribution in [0.25, 0.3) is 0 Å². The number of likely N-dealkylation sites (N-methyl/N-ethyl adjacent to an activating group) is 1. The number of methoxy groups -OCH3 is 1. The zero-order chi connectivity index (χ0) is 12.3. The van der Waals surface area contributed by atoms with Crippen LogP contribution in [0.4, 0.5) is 0 Å². The quantitative estimate of drug-likeness (QED) is 0.849. The van der Waals surface area contributed by atoms with E-state index in [9.17, 15) is 4.79 Å². The van der Waals surface area contributed by atoms with Crippen LogP contribution in [0.5, 0.6) is 5.75 Å². The molecule has 1 amide bonds. The molecular weight excluding hydrogens is 216 g/mol. The van der Waals surface area contributed by atoms with Gasteiger partial charge in [0.2, 0.25) is 0 Å². The lowest BCUT2D eigenvalue weighted by atomic mass is 10.0. The molecule has 4 heteroatoms. The van der Waals surface area contributed by atoms with Gasteiger partial charge in [0, 0.05) is 19.1 Å². The Labute approximate surface area is 102 Å². The van der Waals surface area contributed by atoms with Crippen molar-refractivity contribution in [3.8, 4) is 5.75 Å². The lowest BCUT2D eigenvalue weighted by Gasteiger charge is -2.41. The number of amides is 1. The zero-order valence-electron chi connectivity index (χ0n) is 10.3. The first kappa shape index (κ1) is 11.9. The van der Waals surface area contributed by atoms with Gasteiger partial charge in [-0.15, -0.1) is 0 Å². The third-order valence-electron chi connectivity index (χ3n) is 3.18. The summed E-state index contributed by atoms with van der Waals surface area (Å²) in [5.74, 6) is 0.710. The van der Waals surface area contributed by atoms with Crippen molar-refractivity contribution in [2.75, 3.05) is 27.2 Å². The van der Waals surface area contributed by atoms with Gasteiger partial charge in [0.15, 0.2) is 0 Å². The highest BCUT2D eigenvalue weighted by Gasteiger charge is 2.33. The number of hydrogen-bond donors (Lipinski definition) is 1. The average molecular weight is 234 g/mol. The Kier molecular flexibility index (Phi) is 3.64. The summed E-state index contributed by atoms with van der Waals surface area (Å²) in [6.07, 6.45) is 1.07. The van der Waals surface area contributed by atoms with E-state index in [2.05, 4.69) is 5.32 Å². The Morgan fingerprint density at radius 2 is 2.29 bits per heavy atom. The number of para-hydroxylation sites is 1. The fourth-order valence-electron chi connectivity index (χ4n) is 2.13. The van der Waals surface area contributed by atoms with Crippen LogP contribution in [-0.4, -0.2) is 44.1 Å². The zero-order valence-corrected chi connectivity index (χ0v) is 10.3. The summed E-state index contributed by atoms with van der Waals surface area (Å²) >= 11 is 0. The fourth-order valence-corrected chi connectivity index (χ4v) is 2.13. The molecule has 0 bridgehead atoms. The molecule has 0 spiro atoms. The first-order valence-corrected chi connectivity index (χ1v) is 5.86. The molecule has 0 aromatic heterocycles. The van der Waals surface area contributed by atoms with Gasteiger partial charge in [-0.05, 0) is 25.6 Å². The standard InChI is InChI=1S/C13H18N2O2/c1-14-9-10-7-8-15(10)13(16)11-5-3-4-6-12(11)17-2/h3-6,10,14H,7-9H2,1-2H3. The molecule has 1 aromatic carbocycles. The third-order valence-corrected chi connectivity index (χ3v) is 3.18. The lowest BCUT2D eigenvalue weighted by molar-refractivity contribution is 0.0464. The summed E-state index contributed by atoms with van der Waals surface area (Å²) in [6.45, 7) is 1.68. The number of nitrogens with zero attached hydrogens (tertiary/aromatic N) is 1. The van der Waals surface area contributed by atoms with Crippen LogP contribution in [0, 0.1) is 0 Å². The predicted molar refractivity (Wildman–Crippen MR) is 66.4 cm³/mol. The van der Waals surface area contributed by atoms with Gasteiger partial charge in [0.1, 0.15) is 5.75 Å². The summed E-state index contributed by atoms with van der Waals surface area (Å²) in [6, 6.07) is 7.69. The van der Waals surface area contributed by atoms with Crippen molar-refractivity contribution in [3.63, 3.8) is 0 Å². The molecule has 0 saturated carbocycles. The maximum atomic E-state index is 12.3. The highest BCUT2D eigenvalue weighted by Crippen LogP contribution is 2.25. The molecule has 4 nitrogen and oxygen atoms in total. The number of benzene rings is 1. The molecule has 1 fully saturated rings. The second-order valence-electron chi connectivity index (χ2n) is 4.20. The Bertz CT molecular complexity index is 406. The van der Waals surface area contributed by atoms with E-state index in [0.717, 1.165) is 19.5 Å². The number of rotatable bonds is 4. The van der Waals surface area contributed by atoms with Crippen LogP contribution in [0.1, 0.15) is 16.8 Å². The molecule has 1 heterocycles. The van der Waals surface area contributed by atoms with E-state index in [4.69, 9.17) is 4.74 Å². The minimum Gasteiger partial charge on any atom is -0.496 e. The van der Waals surface area contributed by atoms with Crippen molar-refractivity contribution in [2.45, 2.75) is 12.5 Å². The van der Waals surface area contributed by atoms with E-state index in [-0.39, 0.29) is 5.91 Å². The van der Waals surface area contributed by atoms with Crippen LogP contribution >= 0.6 is 0 Å². The van der Waals surface area contributed by atoms with Crippen molar-refractivity contribution in [3.05, 3.63) is 29.8 Å². The number of carbonyl (C=O) groups is 1. The van der Waals surface area contributed by atoms with Gasteiger partial charge in [-0.25, -0.2) is 0 Å². The fraction of sp³-hybridized carbons (Fsp3) is 0.462. The molecule has 0 aliphatic carbocycles. The van der Waals surface area contributed by atoms with Crippen LogP contribution in [-0.2, 0) is 0 Å².